The molecule has 0 bridgehead atoms. The molecule has 10 heteroatoms. The molecular formula is C7H7N3O6S. The van der Waals surface area contributed by atoms with Gasteiger partial charge in [0.05, 0.1) is 0 Å². The topological polar surface area (TPSA) is 146 Å². The molecule has 0 aromatic heterocycles. The molecule has 92 valence electrons. The van der Waals surface area contributed by atoms with Crippen molar-refractivity contribution in [3.63, 3.8) is 0 Å². The zero-order valence-electron chi connectivity index (χ0n) is 8.22. The largest absolute Gasteiger partial charge is 0.595 e. The van der Waals surface area contributed by atoms with Crippen LogP contribution in [0, 0.1) is 20.2 Å². The summed E-state index contributed by atoms with van der Waals surface area (Å²) in [5.74, 6) is 0. The highest BCUT2D eigenvalue weighted by atomic mass is 32.2. The third-order valence-corrected chi connectivity index (χ3v) is 3.37. The van der Waals surface area contributed by atoms with Crippen molar-refractivity contribution < 1.29 is 18.3 Å². The minimum absolute atomic E-state index is 0.627. The van der Waals surface area contributed by atoms with E-state index in [1.165, 1.54) is 18.2 Å². The molecule has 0 amide bonds. The van der Waals surface area contributed by atoms with Crippen LogP contribution in [-0.4, -0.2) is 18.3 Å². The first-order valence-electron chi connectivity index (χ1n) is 4.11. The molecule has 0 aliphatic carbocycles. The van der Waals surface area contributed by atoms with Crippen LogP contribution in [0.5, 0.6) is 0 Å². The number of benzene rings is 1. The number of hydrogen-bond donors (Lipinski definition) is 1. The smallest absolute Gasteiger partial charge is 0.257 e. The molecule has 2 N–H and O–H groups in total. The summed E-state index contributed by atoms with van der Waals surface area (Å²) in [6.45, 7) is 0. The van der Waals surface area contributed by atoms with Crippen LogP contribution in [0.3, 0.4) is 0 Å². The Bertz CT molecular complexity index is 540. The normalized spacial score (nSPS) is 12.1. The van der Waals surface area contributed by atoms with Gasteiger partial charge in [-0.2, -0.15) is 8.42 Å². The fraction of sp³-hybridized carbons (Fsp3) is 0.143. The molecular weight excluding hydrogens is 254 g/mol. The number of nitrogens with two attached hydrogens (primary N) is 1. The lowest BCUT2D eigenvalue weighted by Crippen LogP contribution is -2.53. The van der Waals surface area contributed by atoms with E-state index < -0.39 is 30.4 Å². The Hall–Kier alpha value is -2.07. The van der Waals surface area contributed by atoms with E-state index in [4.69, 9.17) is 0 Å². The predicted molar refractivity (Wildman–Crippen MR) is 55.2 cm³/mol. The maximum Gasteiger partial charge on any atom is 0.595 e. The quantitative estimate of drug-likeness (QED) is 0.444. The van der Waals surface area contributed by atoms with E-state index in [-0.39, 0.29) is 0 Å². The van der Waals surface area contributed by atoms with E-state index in [2.05, 4.69) is 5.14 Å². The fourth-order valence-electron chi connectivity index (χ4n) is 1.30. The zero-order valence-corrected chi connectivity index (χ0v) is 9.03. The van der Waals surface area contributed by atoms with Gasteiger partial charge in [-0.15, -0.1) is 0 Å². The number of nitro groups is 2. The number of sulfonamides is 1. The van der Waals surface area contributed by atoms with E-state index in [1.807, 2.05) is 0 Å². The molecule has 0 unspecified atom stereocenters. The Morgan fingerprint density at radius 3 is 1.76 bits per heavy atom. The van der Waals surface area contributed by atoms with Gasteiger partial charge in [-0.3, -0.25) is 20.2 Å². The van der Waals surface area contributed by atoms with E-state index in [9.17, 15) is 28.6 Å². The fourth-order valence-corrected chi connectivity index (χ4v) is 2.18. The first-order chi connectivity index (χ1) is 7.74. The van der Waals surface area contributed by atoms with Gasteiger partial charge in [0.2, 0.25) is 0 Å². The van der Waals surface area contributed by atoms with E-state index >= 15 is 0 Å². The van der Waals surface area contributed by atoms with Crippen LogP contribution < -0.4 is 5.14 Å². The lowest BCUT2D eigenvalue weighted by Gasteiger charge is -2.14. The standard InChI is InChI=1S/C7H7N3O6S/c8-17(15,16)7(9(11)12,10(13)14)6-4-2-1-3-5-6/h1-5H,(H2,8,15,16). The summed E-state index contributed by atoms with van der Waals surface area (Å²) < 4.78 is 22.5. The molecule has 1 aromatic carbocycles. The highest BCUT2D eigenvalue weighted by molar-refractivity contribution is 7.89. The van der Waals surface area contributed by atoms with Crippen LogP contribution in [0.1, 0.15) is 5.56 Å². The Morgan fingerprint density at radius 2 is 1.47 bits per heavy atom. The first-order valence-corrected chi connectivity index (χ1v) is 5.66. The van der Waals surface area contributed by atoms with Gasteiger partial charge < -0.3 is 0 Å². The third kappa shape index (κ3) is 1.83. The lowest BCUT2D eigenvalue weighted by atomic mass is 10.2. The van der Waals surface area contributed by atoms with Gasteiger partial charge in [0.15, 0.2) is 0 Å². The van der Waals surface area contributed by atoms with Gasteiger partial charge >= 0.3 is 15.0 Å². The van der Waals surface area contributed by atoms with Crippen molar-refractivity contribution in [3.8, 4) is 0 Å². The minimum atomic E-state index is -5.08. The summed E-state index contributed by atoms with van der Waals surface area (Å²) in [7, 11) is -5.08. The monoisotopic (exact) mass is 261 g/mol. The van der Waals surface area contributed by atoms with Crippen LogP contribution in [-0.2, 0) is 15.0 Å². The van der Waals surface area contributed by atoms with E-state index in [0.717, 1.165) is 12.1 Å². The van der Waals surface area contributed by atoms with Crippen LogP contribution in [0.25, 0.3) is 0 Å². The summed E-state index contributed by atoms with van der Waals surface area (Å²) in [6, 6.07) is 5.81. The highest BCUT2D eigenvalue weighted by Gasteiger charge is 2.69. The zero-order chi connectivity index (χ0) is 13.3. The van der Waals surface area contributed by atoms with Crippen molar-refractivity contribution in [1.82, 2.24) is 0 Å². The molecule has 0 fully saturated rings. The van der Waals surface area contributed by atoms with Crippen molar-refractivity contribution in [2.45, 2.75) is 4.99 Å². The summed E-state index contributed by atoms with van der Waals surface area (Å²) >= 11 is 0. The maximum atomic E-state index is 11.2. The van der Waals surface area contributed by atoms with Crippen LogP contribution in [0.4, 0.5) is 0 Å². The predicted octanol–water partition coefficient (Wildman–Crippen LogP) is -0.361. The van der Waals surface area contributed by atoms with Crippen LogP contribution >= 0.6 is 0 Å². The Labute approximate surface area is 95.2 Å². The summed E-state index contributed by atoms with van der Waals surface area (Å²) in [4.78, 5) is 15.0. The highest BCUT2D eigenvalue weighted by Crippen LogP contribution is 2.29. The van der Waals surface area contributed by atoms with Gasteiger partial charge in [-0.1, -0.05) is 18.2 Å². The minimum Gasteiger partial charge on any atom is -0.257 e. The lowest BCUT2D eigenvalue weighted by molar-refractivity contribution is -0.776. The number of nitrogens with zero attached hydrogens (tertiary/aromatic N) is 2. The van der Waals surface area contributed by atoms with Crippen molar-refractivity contribution in [2.75, 3.05) is 0 Å². The van der Waals surface area contributed by atoms with Gasteiger partial charge in [0.25, 0.3) is 0 Å². The first kappa shape index (κ1) is 13.0. The molecule has 0 spiro atoms. The average molecular weight is 261 g/mol. The molecule has 0 radical (unpaired) electrons. The second kappa shape index (κ2) is 4.07. The van der Waals surface area contributed by atoms with E-state index in [0.29, 0.717) is 0 Å². The molecule has 0 atom stereocenters. The number of primary sulfonamides is 1. The number of rotatable bonds is 4. The molecule has 0 saturated carbocycles. The van der Waals surface area contributed by atoms with Crippen molar-refractivity contribution >= 4 is 10.0 Å². The second-order valence-electron chi connectivity index (χ2n) is 3.03. The van der Waals surface area contributed by atoms with Crippen LogP contribution in [0.15, 0.2) is 30.3 Å². The molecule has 9 nitrogen and oxygen atoms in total. The molecule has 0 heterocycles. The summed E-state index contributed by atoms with van der Waals surface area (Å²) in [6.07, 6.45) is 0. The number of hydrogen-bond acceptors (Lipinski definition) is 6. The van der Waals surface area contributed by atoms with Gasteiger partial charge in [0.1, 0.15) is 15.4 Å². The second-order valence-corrected chi connectivity index (χ2v) is 4.69. The van der Waals surface area contributed by atoms with Crippen molar-refractivity contribution in [3.05, 3.63) is 56.1 Å². The van der Waals surface area contributed by atoms with Gasteiger partial charge in [-0.05, 0) is 12.1 Å². The molecule has 0 saturated heterocycles. The molecule has 0 aliphatic heterocycles. The van der Waals surface area contributed by atoms with Crippen molar-refractivity contribution in [2.24, 2.45) is 5.14 Å². The van der Waals surface area contributed by atoms with Gasteiger partial charge in [-0.25, -0.2) is 5.14 Å². The summed E-state index contributed by atoms with van der Waals surface area (Å²) in [5.41, 5.74) is -0.627. The Kier molecular flexibility index (Phi) is 3.11. The third-order valence-electron chi connectivity index (χ3n) is 2.04. The molecule has 1 rings (SSSR count). The summed E-state index contributed by atoms with van der Waals surface area (Å²) in [5, 5.41) is 26.3. The molecule has 1 aromatic rings. The Balaban J connectivity index is 3.72. The maximum absolute atomic E-state index is 11.2. The molecule has 17 heavy (non-hydrogen) atoms. The SMILES string of the molecule is NS(=O)(=O)C(c1ccccc1)([N+](=O)[O-])[N+](=O)[O-]. The van der Waals surface area contributed by atoms with Crippen molar-refractivity contribution in [1.29, 1.82) is 0 Å². The van der Waals surface area contributed by atoms with E-state index in [1.54, 1.807) is 0 Å². The molecule has 0 aliphatic rings. The Morgan fingerprint density at radius 1 is 1.06 bits per heavy atom. The average Bonchev–Trinajstić information content (AvgIpc) is 2.16. The van der Waals surface area contributed by atoms with Crippen LogP contribution in [0.2, 0.25) is 0 Å². The van der Waals surface area contributed by atoms with Gasteiger partial charge in [0, 0.05) is 0 Å².